The van der Waals surface area contributed by atoms with Gasteiger partial charge in [-0.2, -0.15) is 0 Å². The molecule has 1 rings (SSSR count). The lowest BCUT2D eigenvalue weighted by Crippen LogP contribution is -2.37. The molecule has 0 saturated heterocycles. The fourth-order valence-electron chi connectivity index (χ4n) is 1.75. The number of benzene rings is 1. The van der Waals surface area contributed by atoms with Crippen LogP contribution in [0.2, 0.25) is 0 Å². The van der Waals surface area contributed by atoms with Crippen LogP contribution in [0, 0.1) is 0 Å². The van der Waals surface area contributed by atoms with E-state index in [-0.39, 0.29) is 6.03 Å². The fourth-order valence-corrected chi connectivity index (χ4v) is 1.75. The van der Waals surface area contributed by atoms with Gasteiger partial charge in [-0.25, -0.2) is 9.59 Å². The van der Waals surface area contributed by atoms with Crippen LogP contribution in [0.4, 0.5) is 4.79 Å². The molecule has 0 unspecified atom stereocenters. The van der Waals surface area contributed by atoms with Crippen molar-refractivity contribution in [3.63, 3.8) is 0 Å². The van der Waals surface area contributed by atoms with Crippen LogP contribution in [-0.4, -0.2) is 35.6 Å². The van der Waals surface area contributed by atoms with Gasteiger partial charge in [0.2, 0.25) is 0 Å². The van der Waals surface area contributed by atoms with E-state index in [1.165, 1.54) is 6.08 Å². The number of rotatable bonds is 7. The highest BCUT2D eigenvalue weighted by atomic mass is 16.4. The van der Waals surface area contributed by atoms with Crippen molar-refractivity contribution >= 4 is 18.1 Å². The molecule has 0 radical (unpaired) electrons. The lowest BCUT2D eigenvalue weighted by Gasteiger charge is -2.18. The maximum Gasteiger partial charge on any atom is 0.328 e. The van der Waals surface area contributed by atoms with Gasteiger partial charge < -0.3 is 15.3 Å². The SMILES string of the molecule is CCCCNC(=O)N(C)Cc1ccc(C=CC(=O)O)cc1. The molecule has 0 aromatic heterocycles. The first kappa shape index (κ1) is 16.8. The van der Waals surface area contributed by atoms with Crippen molar-refractivity contribution < 1.29 is 14.7 Å². The summed E-state index contributed by atoms with van der Waals surface area (Å²) >= 11 is 0. The minimum absolute atomic E-state index is 0.0849. The highest BCUT2D eigenvalue weighted by molar-refractivity contribution is 5.85. The number of carbonyl (C=O) groups is 2. The van der Waals surface area contributed by atoms with Gasteiger partial charge in [-0.05, 0) is 23.6 Å². The molecule has 114 valence electrons. The van der Waals surface area contributed by atoms with Crippen LogP contribution < -0.4 is 5.32 Å². The van der Waals surface area contributed by atoms with Gasteiger partial charge in [0.05, 0.1) is 0 Å². The van der Waals surface area contributed by atoms with Crippen molar-refractivity contribution in [2.45, 2.75) is 26.3 Å². The zero-order valence-electron chi connectivity index (χ0n) is 12.5. The van der Waals surface area contributed by atoms with Gasteiger partial charge >= 0.3 is 12.0 Å². The number of carbonyl (C=O) groups excluding carboxylic acids is 1. The maximum atomic E-state index is 11.8. The van der Waals surface area contributed by atoms with Gasteiger partial charge in [-0.1, -0.05) is 37.6 Å². The summed E-state index contributed by atoms with van der Waals surface area (Å²) < 4.78 is 0. The molecule has 5 nitrogen and oxygen atoms in total. The summed E-state index contributed by atoms with van der Waals surface area (Å²) in [6.45, 7) is 3.29. The molecule has 2 amide bonds. The third-order valence-corrected chi connectivity index (χ3v) is 2.97. The number of carboxylic acids is 1. The number of nitrogens with one attached hydrogen (secondary N) is 1. The highest BCUT2D eigenvalue weighted by Gasteiger charge is 2.07. The molecule has 0 spiro atoms. The van der Waals surface area contributed by atoms with Crippen LogP contribution in [0.15, 0.2) is 30.3 Å². The topological polar surface area (TPSA) is 69.6 Å². The predicted molar refractivity (Wildman–Crippen MR) is 82.9 cm³/mol. The molecule has 0 bridgehead atoms. The minimum atomic E-state index is -0.970. The zero-order valence-corrected chi connectivity index (χ0v) is 12.5. The number of carboxylic acid groups (broad SMARTS) is 1. The standard InChI is InChI=1S/C16H22N2O3/c1-3-4-11-17-16(21)18(2)12-14-7-5-13(6-8-14)9-10-15(19)20/h5-10H,3-4,11-12H2,1-2H3,(H,17,21)(H,19,20). The van der Waals surface area contributed by atoms with Crippen LogP contribution in [0.25, 0.3) is 6.08 Å². The van der Waals surface area contributed by atoms with E-state index >= 15 is 0 Å². The van der Waals surface area contributed by atoms with Crippen LogP contribution in [0.3, 0.4) is 0 Å². The molecule has 0 aliphatic heterocycles. The Morgan fingerprint density at radius 2 is 1.95 bits per heavy atom. The lowest BCUT2D eigenvalue weighted by molar-refractivity contribution is -0.131. The number of aliphatic carboxylic acids is 1. The summed E-state index contributed by atoms with van der Waals surface area (Å²) in [4.78, 5) is 23.9. The zero-order chi connectivity index (χ0) is 15.7. The van der Waals surface area contributed by atoms with Crippen molar-refractivity contribution in [1.29, 1.82) is 0 Å². The summed E-state index contributed by atoms with van der Waals surface area (Å²) in [5, 5.41) is 11.4. The van der Waals surface area contributed by atoms with E-state index in [4.69, 9.17) is 5.11 Å². The van der Waals surface area contributed by atoms with Crippen molar-refractivity contribution in [2.75, 3.05) is 13.6 Å². The van der Waals surface area contributed by atoms with E-state index in [2.05, 4.69) is 12.2 Å². The normalized spacial score (nSPS) is 10.6. The number of urea groups is 1. The first-order valence-electron chi connectivity index (χ1n) is 7.02. The van der Waals surface area contributed by atoms with Crippen LogP contribution >= 0.6 is 0 Å². The molecule has 1 aromatic carbocycles. The van der Waals surface area contributed by atoms with E-state index < -0.39 is 5.97 Å². The first-order chi connectivity index (χ1) is 10.0. The molecule has 0 aliphatic rings. The van der Waals surface area contributed by atoms with Gasteiger partial charge in [0.25, 0.3) is 0 Å². The summed E-state index contributed by atoms with van der Waals surface area (Å²) in [5.74, 6) is -0.970. The Morgan fingerprint density at radius 3 is 2.52 bits per heavy atom. The number of nitrogens with zero attached hydrogens (tertiary/aromatic N) is 1. The number of hydrogen-bond acceptors (Lipinski definition) is 2. The lowest BCUT2D eigenvalue weighted by atomic mass is 10.1. The van der Waals surface area contributed by atoms with Crippen molar-refractivity contribution in [3.8, 4) is 0 Å². The third kappa shape index (κ3) is 6.61. The Bertz CT molecular complexity index is 495. The Labute approximate surface area is 125 Å². The van der Waals surface area contributed by atoms with Gasteiger partial charge in [-0.15, -0.1) is 0 Å². The molecule has 0 fully saturated rings. The second kappa shape index (κ2) is 8.79. The number of amides is 2. The van der Waals surface area contributed by atoms with Gasteiger partial charge in [0, 0.05) is 26.2 Å². The average molecular weight is 290 g/mol. The van der Waals surface area contributed by atoms with Crippen molar-refractivity contribution in [3.05, 3.63) is 41.5 Å². The van der Waals surface area contributed by atoms with Crippen molar-refractivity contribution in [2.24, 2.45) is 0 Å². The average Bonchev–Trinajstić information content (AvgIpc) is 2.46. The van der Waals surface area contributed by atoms with Crippen LogP contribution in [-0.2, 0) is 11.3 Å². The Kier molecular flexibility index (Phi) is 7.01. The molecule has 0 saturated carbocycles. The molecule has 5 heteroatoms. The second-order valence-electron chi connectivity index (χ2n) is 4.85. The molecule has 0 heterocycles. The first-order valence-corrected chi connectivity index (χ1v) is 7.02. The third-order valence-electron chi connectivity index (χ3n) is 2.97. The fraction of sp³-hybridized carbons (Fsp3) is 0.375. The molecule has 1 aromatic rings. The minimum Gasteiger partial charge on any atom is -0.478 e. The predicted octanol–water partition coefficient (Wildman–Crippen LogP) is 2.73. The Hall–Kier alpha value is -2.30. The monoisotopic (exact) mass is 290 g/mol. The molecule has 0 atom stereocenters. The van der Waals surface area contributed by atoms with Gasteiger partial charge in [-0.3, -0.25) is 0 Å². The van der Waals surface area contributed by atoms with E-state index in [9.17, 15) is 9.59 Å². The molecule has 0 aliphatic carbocycles. The molecule has 2 N–H and O–H groups in total. The summed E-state index contributed by atoms with van der Waals surface area (Å²) in [5.41, 5.74) is 1.81. The van der Waals surface area contributed by atoms with E-state index in [1.54, 1.807) is 11.9 Å². The van der Waals surface area contributed by atoms with Gasteiger partial charge in [0.1, 0.15) is 0 Å². The number of unbranched alkanes of at least 4 members (excludes halogenated alkanes) is 1. The van der Waals surface area contributed by atoms with Crippen LogP contribution in [0.5, 0.6) is 0 Å². The van der Waals surface area contributed by atoms with Gasteiger partial charge in [0.15, 0.2) is 0 Å². The molecular formula is C16H22N2O3. The smallest absolute Gasteiger partial charge is 0.328 e. The summed E-state index contributed by atoms with van der Waals surface area (Å²) in [7, 11) is 1.75. The van der Waals surface area contributed by atoms with E-state index in [0.717, 1.165) is 30.0 Å². The Morgan fingerprint density at radius 1 is 1.29 bits per heavy atom. The molecule has 21 heavy (non-hydrogen) atoms. The van der Waals surface area contributed by atoms with Crippen LogP contribution in [0.1, 0.15) is 30.9 Å². The van der Waals surface area contributed by atoms with E-state index in [0.29, 0.717) is 13.1 Å². The second-order valence-corrected chi connectivity index (χ2v) is 4.85. The van der Waals surface area contributed by atoms with Crippen molar-refractivity contribution in [1.82, 2.24) is 10.2 Å². The maximum absolute atomic E-state index is 11.8. The quantitative estimate of drug-likeness (QED) is 0.599. The number of hydrogen-bond donors (Lipinski definition) is 2. The highest BCUT2D eigenvalue weighted by Crippen LogP contribution is 2.08. The summed E-state index contributed by atoms with van der Waals surface area (Å²) in [6.07, 6.45) is 4.66. The van der Waals surface area contributed by atoms with E-state index in [1.807, 2.05) is 24.3 Å². The summed E-state index contributed by atoms with van der Waals surface area (Å²) in [6, 6.07) is 7.35. The Balaban J connectivity index is 2.51. The molecular weight excluding hydrogens is 268 g/mol. The largest absolute Gasteiger partial charge is 0.478 e.